The SMILES string of the molecule is COc1c(-c2ccc3c(C)coc3c2)cc(-n2ccc(=O)[nH]c2=O)cc1C(C)(C)C. The van der Waals surface area contributed by atoms with Gasteiger partial charge in [0, 0.05) is 28.8 Å². The Morgan fingerprint density at radius 3 is 2.50 bits per heavy atom. The second-order valence-electron chi connectivity index (χ2n) is 8.43. The van der Waals surface area contributed by atoms with Crippen LogP contribution in [0.25, 0.3) is 27.8 Å². The van der Waals surface area contributed by atoms with Gasteiger partial charge in [0.05, 0.1) is 19.1 Å². The molecule has 0 fully saturated rings. The number of hydrogen-bond acceptors (Lipinski definition) is 4. The second kappa shape index (κ2) is 7.06. The van der Waals surface area contributed by atoms with Crippen molar-refractivity contribution in [2.24, 2.45) is 0 Å². The number of nitrogens with one attached hydrogen (secondary N) is 1. The van der Waals surface area contributed by atoms with Gasteiger partial charge in [0.2, 0.25) is 0 Å². The number of fused-ring (bicyclic) bond motifs is 1. The number of methoxy groups -OCH3 is 1. The molecule has 0 aliphatic rings. The first kappa shape index (κ1) is 19.8. The summed E-state index contributed by atoms with van der Waals surface area (Å²) in [6.45, 7) is 8.28. The predicted molar refractivity (Wildman–Crippen MR) is 118 cm³/mol. The number of nitrogens with zero attached hydrogens (tertiary/aromatic N) is 1. The molecule has 2 aromatic heterocycles. The van der Waals surface area contributed by atoms with Crippen molar-refractivity contribution in [3.63, 3.8) is 0 Å². The van der Waals surface area contributed by atoms with Crippen molar-refractivity contribution in [3.8, 4) is 22.6 Å². The third-order valence-electron chi connectivity index (χ3n) is 5.27. The van der Waals surface area contributed by atoms with E-state index in [0.29, 0.717) is 5.69 Å². The van der Waals surface area contributed by atoms with E-state index in [0.717, 1.165) is 39.0 Å². The largest absolute Gasteiger partial charge is 0.496 e. The molecule has 0 unspecified atom stereocenters. The molecule has 0 atom stereocenters. The first-order chi connectivity index (χ1) is 14.2. The van der Waals surface area contributed by atoms with E-state index in [1.807, 2.05) is 37.3 Å². The number of aromatic amines is 1. The number of benzene rings is 2. The minimum atomic E-state index is -0.490. The number of rotatable bonds is 3. The summed E-state index contributed by atoms with van der Waals surface area (Å²) < 4.78 is 13.0. The number of H-pyrrole nitrogens is 1. The molecule has 154 valence electrons. The first-order valence-corrected chi connectivity index (χ1v) is 9.72. The van der Waals surface area contributed by atoms with Crippen LogP contribution in [0.1, 0.15) is 31.9 Å². The third kappa shape index (κ3) is 3.34. The molecular formula is C24H24N2O4. The van der Waals surface area contributed by atoms with Crippen LogP contribution in [-0.4, -0.2) is 16.7 Å². The fourth-order valence-corrected chi connectivity index (χ4v) is 3.69. The molecule has 0 aliphatic carbocycles. The van der Waals surface area contributed by atoms with E-state index < -0.39 is 11.2 Å². The first-order valence-electron chi connectivity index (χ1n) is 9.72. The lowest BCUT2D eigenvalue weighted by Crippen LogP contribution is -2.27. The summed E-state index contributed by atoms with van der Waals surface area (Å²) in [6.07, 6.45) is 3.22. The van der Waals surface area contributed by atoms with Crippen molar-refractivity contribution < 1.29 is 9.15 Å². The Kier molecular flexibility index (Phi) is 4.65. The average Bonchev–Trinajstić information content (AvgIpc) is 3.06. The molecule has 6 heteroatoms. The van der Waals surface area contributed by atoms with Crippen LogP contribution in [0.4, 0.5) is 0 Å². The van der Waals surface area contributed by atoms with Crippen LogP contribution < -0.4 is 16.0 Å². The fourth-order valence-electron chi connectivity index (χ4n) is 3.69. The minimum absolute atomic E-state index is 0.243. The van der Waals surface area contributed by atoms with E-state index in [2.05, 4.69) is 25.8 Å². The number of ether oxygens (including phenoxy) is 1. The Balaban J connectivity index is 2.04. The van der Waals surface area contributed by atoms with Gasteiger partial charge in [0.15, 0.2) is 0 Å². The molecule has 0 aliphatic heterocycles. The van der Waals surface area contributed by atoms with Gasteiger partial charge in [-0.25, -0.2) is 4.79 Å². The highest BCUT2D eigenvalue weighted by atomic mass is 16.5. The monoisotopic (exact) mass is 404 g/mol. The van der Waals surface area contributed by atoms with Crippen LogP contribution in [0.5, 0.6) is 5.75 Å². The van der Waals surface area contributed by atoms with Gasteiger partial charge in [-0.05, 0) is 41.7 Å². The van der Waals surface area contributed by atoms with Crippen molar-refractivity contribution in [2.45, 2.75) is 33.1 Å². The summed E-state index contributed by atoms with van der Waals surface area (Å²) in [5.41, 5.74) is 4.05. The van der Waals surface area contributed by atoms with E-state index in [9.17, 15) is 9.59 Å². The van der Waals surface area contributed by atoms with Crippen molar-refractivity contribution in [1.82, 2.24) is 9.55 Å². The molecule has 2 aromatic carbocycles. The summed E-state index contributed by atoms with van der Waals surface area (Å²) in [4.78, 5) is 26.3. The van der Waals surface area contributed by atoms with Gasteiger partial charge in [-0.1, -0.05) is 32.9 Å². The molecule has 4 rings (SSSR count). The van der Waals surface area contributed by atoms with Crippen LogP contribution >= 0.6 is 0 Å². The predicted octanol–water partition coefficient (Wildman–Crippen LogP) is 4.55. The van der Waals surface area contributed by atoms with Crippen LogP contribution in [0.15, 0.2) is 62.9 Å². The van der Waals surface area contributed by atoms with E-state index in [1.165, 1.54) is 16.8 Å². The maximum absolute atomic E-state index is 12.4. The van der Waals surface area contributed by atoms with E-state index in [-0.39, 0.29) is 5.41 Å². The van der Waals surface area contributed by atoms with E-state index in [4.69, 9.17) is 9.15 Å². The molecule has 0 saturated carbocycles. The van der Waals surface area contributed by atoms with Gasteiger partial charge < -0.3 is 9.15 Å². The Morgan fingerprint density at radius 2 is 1.83 bits per heavy atom. The molecule has 0 amide bonds. The smallest absolute Gasteiger partial charge is 0.332 e. The van der Waals surface area contributed by atoms with Crippen LogP contribution in [-0.2, 0) is 5.41 Å². The van der Waals surface area contributed by atoms with Crippen LogP contribution in [0.3, 0.4) is 0 Å². The Hall–Kier alpha value is -3.54. The van der Waals surface area contributed by atoms with Crippen LogP contribution in [0, 0.1) is 6.92 Å². The highest BCUT2D eigenvalue weighted by Crippen LogP contribution is 2.41. The molecule has 6 nitrogen and oxygen atoms in total. The van der Waals surface area contributed by atoms with E-state index >= 15 is 0 Å². The van der Waals surface area contributed by atoms with Crippen molar-refractivity contribution in [2.75, 3.05) is 7.11 Å². The van der Waals surface area contributed by atoms with Crippen LogP contribution in [0.2, 0.25) is 0 Å². The normalized spacial score (nSPS) is 11.8. The molecule has 2 heterocycles. The molecule has 0 saturated heterocycles. The quantitative estimate of drug-likeness (QED) is 0.543. The zero-order chi connectivity index (χ0) is 21.6. The molecule has 30 heavy (non-hydrogen) atoms. The molecule has 1 N–H and O–H groups in total. The van der Waals surface area contributed by atoms with Crippen molar-refractivity contribution in [3.05, 3.63) is 80.8 Å². The number of aryl methyl sites for hydroxylation is 1. The van der Waals surface area contributed by atoms with Crippen molar-refractivity contribution in [1.29, 1.82) is 0 Å². The second-order valence-corrected chi connectivity index (χ2v) is 8.43. The Bertz CT molecular complexity index is 1370. The Labute approximate surface area is 173 Å². The summed E-state index contributed by atoms with van der Waals surface area (Å²) in [5.74, 6) is 0.742. The van der Waals surface area contributed by atoms with Gasteiger partial charge >= 0.3 is 5.69 Å². The van der Waals surface area contributed by atoms with Gasteiger partial charge in [0.25, 0.3) is 5.56 Å². The standard InChI is InChI=1S/C24H24N2O4/c1-14-13-30-20-10-15(6-7-17(14)20)18-11-16(26-9-8-21(27)25-23(26)28)12-19(22(18)29-5)24(2,3)4/h6-13H,1-5H3,(H,25,27,28). The highest BCUT2D eigenvalue weighted by molar-refractivity contribution is 5.87. The molecule has 4 aromatic rings. The summed E-state index contributed by atoms with van der Waals surface area (Å²) >= 11 is 0. The van der Waals surface area contributed by atoms with Gasteiger partial charge in [-0.15, -0.1) is 0 Å². The van der Waals surface area contributed by atoms with Gasteiger partial charge in [-0.3, -0.25) is 14.3 Å². The highest BCUT2D eigenvalue weighted by Gasteiger charge is 2.24. The van der Waals surface area contributed by atoms with Crippen molar-refractivity contribution >= 4 is 11.0 Å². The number of furan rings is 1. The number of hydrogen-bond donors (Lipinski definition) is 1. The van der Waals surface area contributed by atoms with E-state index in [1.54, 1.807) is 13.4 Å². The summed E-state index contributed by atoms with van der Waals surface area (Å²) in [7, 11) is 1.65. The molecule has 0 spiro atoms. The lowest BCUT2D eigenvalue weighted by molar-refractivity contribution is 0.399. The lowest BCUT2D eigenvalue weighted by atomic mass is 9.83. The number of aromatic nitrogens is 2. The molecule has 0 bridgehead atoms. The zero-order valence-electron chi connectivity index (χ0n) is 17.7. The molecule has 0 radical (unpaired) electrons. The minimum Gasteiger partial charge on any atom is -0.496 e. The topological polar surface area (TPSA) is 77.2 Å². The average molecular weight is 404 g/mol. The lowest BCUT2D eigenvalue weighted by Gasteiger charge is -2.25. The zero-order valence-corrected chi connectivity index (χ0v) is 17.7. The Morgan fingerprint density at radius 1 is 1.07 bits per heavy atom. The van der Waals surface area contributed by atoms with Gasteiger partial charge in [-0.2, -0.15) is 0 Å². The van der Waals surface area contributed by atoms with Gasteiger partial charge in [0.1, 0.15) is 11.3 Å². The summed E-state index contributed by atoms with van der Waals surface area (Å²) in [6, 6.07) is 11.2. The fraction of sp³-hybridized carbons (Fsp3) is 0.250. The maximum atomic E-state index is 12.4. The molecular weight excluding hydrogens is 380 g/mol. The third-order valence-corrected chi connectivity index (χ3v) is 5.27. The summed E-state index contributed by atoms with van der Waals surface area (Å²) in [5, 5.41) is 1.06. The maximum Gasteiger partial charge on any atom is 0.332 e.